The van der Waals surface area contributed by atoms with Crippen LogP contribution < -0.4 is 5.32 Å². The maximum absolute atomic E-state index is 10.7. The Morgan fingerprint density at radius 2 is 2.21 bits per heavy atom. The van der Waals surface area contributed by atoms with E-state index in [1.807, 2.05) is 13.8 Å². The molecule has 1 atom stereocenters. The molecule has 0 aromatic heterocycles. The van der Waals surface area contributed by atoms with Crippen LogP contribution in [0.25, 0.3) is 0 Å². The summed E-state index contributed by atoms with van der Waals surface area (Å²) < 4.78 is 0. The second-order valence-corrected chi connectivity index (χ2v) is 4.66. The fourth-order valence-electron chi connectivity index (χ4n) is 2.30. The summed E-state index contributed by atoms with van der Waals surface area (Å²) in [4.78, 5) is 10.7. The standard InChI is InChI=1S/C11H21NO2/c1-3-12-11(2,8-10(13)14)7-9-5-4-6-9/h9,12H,3-8H2,1-2H3,(H,13,14). The van der Waals surface area contributed by atoms with Crippen LogP contribution in [0.4, 0.5) is 0 Å². The van der Waals surface area contributed by atoms with E-state index in [1.165, 1.54) is 19.3 Å². The topological polar surface area (TPSA) is 49.3 Å². The normalized spacial score (nSPS) is 21.3. The second kappa shape index (κ2) is 4.78. The van der Waals surface area contributed by atoms with E-state index in [2.05, 4.69) is 5.32 Å². The lowest BCUT2D eigenvalue weighted by Gasteiger charge is -2.36. The van der Waals surface area contributed by atoms with Crippen LogP contribution in [0.1, 0.15) is 46.0 Å². The summed E-state index contributed by atoms with van der Waals surface area (Å²) in [6, 6.07) is 0. The zero-order valence-corrected chi connectivity index (χ0v) is 9.18. The molecule has 1 aliphatic carbocycles. The molecule has 0 radical (unpaired) electrons. The molecule has 0 aromatic carbocycles. The number of aliphatic carboxylic acids is 1. The van der Waals surface area contributed by atoms with Gasteiger partial charge in [-0.1, -0.05) is 26.2 Å². The summed E-state index contributed by atoms with van der Waals surface area (Å²) in [6.07, 6.45) is 5.12. The third kappa shape index (κ3) is 3.29. The van der Waals surface area contributed by atoms with Crippen molar-refractivity contribution in [2.75, 3.05) is 6.54 Å². The summed E-state index contributed by atoms with van der Waals surface area (Å²) >= 11 is 0. The molecule has 1 unspecified atom stereocenters. The van der Waals surface area contributed by atoms with Crippen LogP contribution in [-0.2, 0) is 4.79 Å². The molecule has 0 heterocycles. The van der Waals surface area contributed by atoms with E-state index in [4.69, 9.17) is 5.11 Å². The van der Waals surface area contributed by atoms with Gasteiger partial charge in [-0.15, -0.1) is 0 Å². The van der Waals surface area contributed by atoms with Gasteiger partial charge in [0.05, 0.1) is 6.42 Å². The highest BCUT2D eigenvalue weighted by atomic mass is 16.4. The average Bonchev–Trinajstić information content (AvgIpc) is 1.96. The Kier molecular flexibility index (Phi) is 3.93. The number of rotatable bonds is 6. The van der Waals surface area contributed by atoms with Crippen LogP contribution in [0, 0.1) is 5.92 Å². The molecule has 0 amide bonds. The zero-order valence-electron chi connectivity index (χ0n) is 9.18. The summed E-state index contributed by atoms with van der Waals surface area (Å²) in [7, 11) is 0. The highest BCUT2D eigenvalue weighted by molar-refractivity contribution is 5.68. The lowest BCUT2D eigenvalue weighted by atomic mass is 9.75. The van der Waals surface area contributed by atoms with Gasteiger partial charge in [0.2, 0.25) is 0 Å². The monoisotopic (exact) mass is 199 g/mol. The van der Waals surface area contributed by atoms with Gasteiger partial charge < -0.3 is 10.4 Å². The smallest absolute Gasteiger partial charge is 0.305 e. The van der Waals surface area contributed by atoms with Gasteiger partial charge in [-0.3, -0.25) is 4.79 Å². The van der Waals surface area contributed by atoms with E-state index in [0.717, 1.165) is 18.9 Å². The van der Waals surface area contributed by atoms with Gasteiger partial charge in [0.1, 0.15) is 0 Å². The van der Waals surface area contributed by atoms with Crippen LogP contribution >= 0.6 is 0 Å². The highest BCUT2D eigenvalue weighted by Crippen LogP contribution is 2.34. The van der Waals surface area contributed by atoms with Crippen molar-refractivity contribution < 1.29 is 9.90 Å². The molecule has 2 N–H and O–H groups in total. The van der Waals surface area contributed by atoms with Crippen LogP contribution in [-0.4, -0.2) is 23.2 Å². The first-order valence-corrected chi connectivity index (χ1v) is 5.52. The van der Waals surface area contributed by atoms with Crippen LogP contribution in [0.3, 0.4) is 0 Å². The fourth-order valence-corrected chi connectivity index (χ4v) is 2.30. The van der Waals surface area contributed by atoms with Crippen molar-refractivity contribution in [3.05, 3.63) is 0 Å². The van der Waals surface area contributed by atoms with Crippen molar-refractivity contribution in [3.8, 4) is 0 Å². The van der Waals surface area contributed by atoms with Gasteiger partial charge in [-0.05, 0) is 25.8 Å². The van der Waals surface area contributed by atoms with Gasteiger partial charge in [-0.2, -0.15) is 0 Å². The molecule has 0 saturated heterocycles. The molecule has 0 bridgehead atoms. The van der Waals surface area contributed by atoms with Crippen molar-refractivity contribution in [1.82, 2.24) is 5.32 Å². The molecule has 0 aliphatic heterocycles. The lowest BCUT2D eigenvalue weighted by Crippen LogP contribution is -2.46. The molecule has 1 aliphatic rings. The zero-order chi connectivity index (χ0) is 10.6. The van der Waals surface area contributed by atoms with Crippen LogP contribution in [0.2, 0.25) is 0 Å². The third-order valence-corrected chi connectivity index (χ3v) is 3.11. The number of carboxylic acid groups (broad SMARTS) is 1. The quantitative estimate of drug-likeness (QED) is 0.688. The minimum absolute atomic E-state index is 0.203. The summed E-state index contributed by atoms with van der Waals surface area (Å²) in [6.45, 7) is 4.90. The number of carbonyl (C=O) groups is 1. The first-order valence-electron chi connectivity index (χ1n) is 5.52. The molecule has 1 fully saturated rings. The largest absolute Gasteiger partial charge is 0.481 e. The maximum Gasteiger partial charge on any atom is 0.305 e. The Balaban J connectivity index is 2.45. The van der Waals surface area contributed by atoms with Gasteiger partial charge in [0.15, 0.2) is 0 Å². The van der Waals surface area contributed by atoms with Gasteiger partial charge >= 0.3 is 5.97 Å². The Bertz CT molecular complexity index is 201. The molecular weight excluding hydrogens is 178 g/mol. The lowest BCUT2D eigenvalue weighted by molar-refractivity contribution is -0.138. The third-order valence-electron chi connectivity index (χ3n) is 3.11. The Morgan fingerprint density at radius 3 is 2.57 bits per heavy atom. The van der Waals surface area contributed by atoms with Crippen molar-refractivity contribution in [2.45, 2.75) is 51.5 Å². The Labute approximate surface area is 85.9 Å². The van der Waals surface area contributed by atoms with Crippen LogP contribution in [0.5, 0.6) is 0 Å². The van der Waals surface area contributed by atoms with Crippen molar-refractivity contribution in [1.29, 1.82) is 0 Å². The Hall–Kier alpha value is -0.570. The predicted molar refractivity (Wildman–Crippen MR) is 56.3 cm³/mol. The first kappa shape index (κ1) is 11.5. The summed E-state index contributed by atoms with van der Waals surface area (Å²) in [5.74, 6) is 0.0474. The van der Waals surface area contributed by atoms with Crippen LogP contribution in [0.15, 0.2) is 0 Å². The number of nitrogens with one attached hydrogen (secondary N) is 1. The molecule has 14 heavy (non-hydrogen) atoms. The van der Waals surface area contributed by atoms with Gasteiger partial charge in [-0.25, -0.2) is 0 Å². The van der Waals surface area contributed by atoms with Crippen molar-refractivity contribution in [2.24, 2.45) is 5.92 Å². The number of hydrogen-bond donors (Lipinski definition) is 2. The molecular formula is C11H21NO2. The van der Waals surface area contributed by atoms with E-state index in [0.29, 0.717) is 0 Å². The van der Waals surface area contributed by atoms with E-state index >= 15 is 0 Å². The molecule has 1 rings (SSSR count). The highest BCUT2D eigenvalue weighted by Gasteiger charge is 2.31. The number of carboxylic acids is 1. The molecule has 3 heteroatoms. The van der Waals surface area contributed by atoms with E-state index in [1.54, 1.807) is 0 Å². The fraction of sp³-hybridized carbons (Fsp3) is 0.909. The maximum atomic E-state index is 10.7. The van der Waals surface area contributed by atoms with Crippen molar-refractivity contribution >= 4 is 5.97 Å². The second-order valence-electron chi connectivity index (χ2n) is 4.66. The number of hydrogen-bond acceptors (Lipinski definition) is 2. The van der Waals surface area contributed by atoms with Gasteiger partial charge in [0, 0.05) is 5.54 Å². The van der Waals surface area contributed by atoms with Crippen molar-refractivity contribution in [3.63, 3.8) is 0 Å². The van der Waals surface area contributed by atoms with Gasteiger partial charge in [0.25, 0.3) is 0 Å². The average molecular weight is 199 g/mol. The minimum Gasteiger partial charge on any atom is -0.481 e. The SMILES string of the molecule is CCNC(C)(CC(=O)O)CC1CCC1. The van der Waals surface area contributed by atoms with E-state index < -0.39 is 5.97 Å². The first-order chi connectivity index (χ1) is 6.56. The Morgan fingerprint density at radius 1 is 1.57 bits per heavy atom. The molecule has 3 nitrogen and oxygen atoms in total. The van der Waals surface area contributed by atoms with E-state index in [9.17, 15) is 4.79 Å². The summed E-state index contributed by atoms with van der Waals surface area (Å²) in [5, 5.41) is 12.1. The molecule has 82 valence electrons. The predicted octanol–water partition coefficient (Wildman–Crippen LogP) is 2.02. The van der Waals surface area contributed by atoms with E-state index in [-0.39, 0.29) is 12.0 Å². The molecule has 0 spiro atoms. The molecule has 0 aromatic rings. The minimum atomic E-state index is -0.701. The summed E-state index contributed by atoms with van der Waals surface area (Å²) in [5.41, 5.74) is -0.203. The molecule has 1 saturated carbocycles.